The van der Waals surface area contributed by atoms with E-state index in [1.165, 1.54) is 0 Å². The molecule has 0 saturated carbocycles. The Bertz CT molecular complexity index is 136. The molecule has 1 aliphatic heterocycles. The summed E-state index contributed by atoms with van der Waals surface area (Å²) in [5, 5.41) is 21.0. The summed E-state index contributed by atoms with van der Waals surface area (Å²) in [6.07, 6.45) is -0.193. The number of nitrogens with zero attached hydrogens (tertiary/aromatic N) is 1. The van der Waals surface area contributed by atoms with E-state index in [0.29, 0.717) is 6.42 Å². The fourth-order valence-corrected chi connectivity index (χ4v) is 1.30. The molecule has 0 aliphatic carbocycles. The second-order valence-electron chi connectivity index (χ2n) is 3.60. The van der Waals surface area contributed by atoms with Crippen molar-refractivity contribution in [2.24, 2.45) is 5.92 Å². The minimum Gasteiger partial charge on any atom is -0.376 e. The van der Waals surface area contributed by atoms with Crippen LogP contribution in [0.4, 0.5) is 0 Å². The largest absolute Gasteiger partial charge is 0.376 e. The van der Waals surface area contributed by atoms with Crippen molar-refractivity contribution in [1.82, 2.24) is 5.06 Å². The van der Waals surface area contributed by atoms with Crippen molar-refractivity contribution in [2.75, 3.05) is 0 Å². The predicted octanol–water partition coefficient (Wildman–Crippen LogP) is 0.771. The minimum absolute atomic E-state index is 0.278. The number of aliphatic hydroxyl groups excluding tert-OH is 1. The van der Waals surface area contributed by atoms with E-state index in [9.17, 15) is 5.21 Å². The van der Waals surface area contributed by atoms with Gasteiger partial charge in [-0.2, -0.15) is 0 Å². The zero-order valence-corrected chi connectivity index (χ0v) is 6.66. The van der Waals surface area contributed by atoms with Crippen molar-refractivity contribution in [3.63, 3.8) is 0 Å². The van der Waals surface area contributed by atoms with Crippen LogP contribution in [0, 0.1) is 5.92 Å². The van der Waals surface area contributed by atoms with Gasteiger partial charge < -0.3 is 5.11 Å². The lowest BCUT2D eigenvalue weighted by atomic mass is 9.91. The van der Waals surface area contributed by atoms with Crippen LogP contribution in [-0.4, -0.2) is 21.9 Å². The molecule has 3 nitrogen and oxygen atoms in total. The Labute approximate surface area is 61.2 Å². The molecular weight excluding hydrogens is 130 g/mol. The molecule has 2 atom stereocenters. The third-order valence-corrected chi connectivity index (χ3v) is 2.61. The van der Waals surface area contributed by atoms with Gasteiger partial charge in [0.2, 0.25) is 0 Å². The fraction of sp³-hybridized carbons (Fsp3) is 1.00. The first-order valence-corrected chi connectivity index (χ1v) is 3.61. The molecule has 0 bridgehead atoms. The Morgan fingerprint density at radius 1 is 1.60 bits per heavy atom. The van der Waals surface area contributed by atoms with Gasteiger partial charge in [0.05, 0.1) is 0 Å². The lowest BCUT2D eigenvalue weighted by molar-refractivity contribution is -0.266. The van der Waals surface area contributed by atoms with Crippen LogP contribution in [0.2, 0.25) is 0 Å². The van der Waals surface area contributed by atoms with Gasteiger partial charge in [-0.1, -0.05) is 6.92 Å². The first-order chi connectivity index (χ1) is 4.46. The smallest absolute Gasteiger partial charge is 0.133 e. The summed E-state index contributed by atoms with van der Waals surface area (Å²) in [7, 11) is 0. The molecule has 1 saturated heterocycles. The van der Waals surface area contributed by atoms with Crippen LogP contribution in [0.1, 0.15) is 27.2 Å². The van der Waals surface area contributed by atoms with Crippen molar-refractivity contribution in [3.05, 3.63) is 0 Å². The van der Waals surface area contributed by atoms with Gasteiger partial charge in [-0.15, -0.1) is 10.3 Å². The second-order valence-corrected chi connectivity index (χ2v) is 3.60. The molecule has 3 heteroatoms. The van der Waals surface area contributed by atoms with Crippen molar-refractivity contribution in [2.45, 2.75) is 39.0 Å². The van der Waals surface area contributed by atoms with Gasteiger partial charge in [-0.3, -0.25) is 0 Å². The van der Waals surface area contributed by atoms with Crippen LogP contribution in [0.5, 0.6) is 0 Å². The number of aliphatic hydroxyl groups is 1. The lowest BCUT2D eigenvalue weighted by Gasteiger charge is -2.27. The molecule has 1 heterocycles. The van der Waals surface area contributed by atoms with E-state index in [2.05, 4.69) is 0 Å². The van der Waals surface area contributed by atoms with Crippen LogP contribution < -0.4 is 0 Å². The highest BCUT2D eigenvalue weighted by Gasteiger charge is 2.44. The van der Waals surface area contributed by atoms with Gasteiger partial charge in [-0.05, 0) is 26.2 Å². The van der Waals surface area contributed by atoms with E-state index in [0.717, 1.165) is 5.06 Å². The zero-order valence-electron chi connectivity index (χ0n) is 6.66. The summed E-state index contributed by atoms with van der Waals surface area (Å²) in [6.45, 7) is 5.71. The number of rotatable bonds is 0. The molecule has 1 rings (SSSR count). The van der Waals surface area contributed by atoms with Crippen LogP contribution in [0.25, 0.3) is 0 Å². The maximum atomic E-state index is 11.1. The maximum absolute atomic E-state index is 11.1. The van der Waals surface area contributed by atoms with Crippen LogP contribution in [0.3, 0.4) is 0 Å². The molecule has 1 N–H and O–H groups in total. The Morgan fingerprint density at radius 2 is 2.10 bits per heavy atom. The van der Waals surface area contributed by atoms with Gasteiger partial charge in [0.1, 0.15) is 6.23 Å². The van der Waals surface area contributed by atoms with Crippen molar-refractivity contribution in [3.8, 4) is 0 Å². The van der Waals surface area contributed by atoms with E-state index in [1.807, 2.05) is 20.8 Å². The molecule has 10 heavy (non-hydrogen) atoms. The quantitative estimate of drug-likeness (QED) is 0.545. The summed E-state index contributed by atoms with van der Waals surface area (Å²) in [5.74, 6) is 0.278. The highest BCUT2D eigenvalue weighted by atomic mass is 16.5. The molecule has 1 aliphatic rings. The van der Waals surface area contributed by atoms with Crippen molar-refractivity contribution < 1.29 is 10.3 Å². The average molecular weight is 144 g/mol. The van der Waals surface area contributed by atoms with Crippen molar-refractivity contribution >= 4 is 0 Å². The van der Waals surface area contributed by atoms with E-state index in [1.54, 1.807) is 0 Å². The Hall–Kier alpha value is -0.120. The molecule has 0 spiro atoms. The van der Waals surface area contributed by atoms with Crippen molar-refractivity contribution in [1.29, 1.82) is 0 Å². The molecule has 0 amide bonds. The van der Waals surface area contributed by atoms with E-state index in [4.69, 9.17) is 5.11 Å². The third kappa shape index (κ3) is 0.944. The fourth-order valence-electron chi connectivity index (χ4n) is 1.30. The maximum Gasteiger partial charge on any atom is 0.133 e. The van der Waals surface area contributed by atoms with Gasteiger partial charge in [0.15, 0.2) is 0 Å². The summed E-state index contributed by atoms with van der Waals surface area (Å²) in [4.78, 5) is 0. The zero-order chi connectivity index (χ0) is 7.94. The molecule has 1 fully saturated rings. The van der Waals surface area contributed by atoms with Gasteiger partial charge in [-0.25, -0.2) is 0 Å². The van der Waals surface area contributed by atoms with E-state index in [-0.39, 0.29) is 11.5 Å². The summed E-state index contributed by atoms with van der Waals surface area (Å²) < 4.78 is 0. The van der Waals surface area contributed by atoms with Crippen LogP contribution >= 0.6 is 0 Å². The second kappa shape index (κ2) is 2.19. The number of hydrogen-bond donors (Lipinski definition) is 1. The molecule has 1 radical (unpaired) electrons. The Kier molecular flexibility index (Phi) is 1.75. The Balaban J connectivity index is 2.75. The van der Waals surface area contributed by atoms with Gasteiger partial charge in [0.25, 0.3) is 0 Å². The summed E-state index contributed by atoms with van der Waals surface area (Å²) in [5.41, 5.74) is -0.389. The highest BCUT2D eigenvalue weighted by molar-refractivity contribution is 4.90. The van der Waals surface area contributed by atoms with Gasteiger partial charge >= 0.3 is 0 Å². The van der Waals surface area contributed by atoms with Crippen LogP contribution in [0.15, 0.2) is 0 Å². The molecule has 2 unspecified atom stereocenters. The molecule has 0 aromatic heterocycles. The van der Waals surface area contributed by atoms with E-state index < -0.39 is 6.23 Å². The predicted molar refractivity (Wildman–Crippen MR) is 36.4 cm³/mol. The highest BCUT2D eigenvalue weighted by Crippen LogP contribution is 2.35. The average Bonchev–Trinajstić information content (AvgIpc) is 1.97. The lowest BCUT2D eigenvalue weighted by Crippen LogP contribution is -2.41. The first kappa shape index (κ1) is 7.98. The number of hydrogen-bond acceptors (Lipinski definition) is 2. The molecule has 0 aromatic rings. The van der Waals surface area contributed by atoms with Gasteiger partial charge in [0, 0.05) is 5.54 Å². The molecule has 59 valence electrons. The summed E-state index contributed by atoms with van der Waals surface area (Å²) in [6, 6.07) is 0. The molecular formula is C7H14NO2. The standard InChI is InChI=1S/C7H14NO2/c1-5-4-6(9)8(10)7(5,2)3/h5-6,9H,4H2,1-3H3. The molecule has 0 aromatic carbocycles. The monoisotopic (exact) mass is 144 g/mol. The van der Waals surface area contributed by atoms with E-state index >= 15 is 0 Å². The number of hydroxylamine groups is 2. The summed E-state index contributed by atoms with van der Waals surface area (Å²) >= 11 is 0. The third-order valence-electron chi connectivity index (χ3n) is 2.61. The first-order valence-electron chi connectivity index (χ1n) is 3.61. The SMILES string of the molecule is CC1CC(O)N([O])C1(C)C. The minimum atomic E-state index is -0.787. The van der Waals surface area contributed by atoms with Crippen LogP contribution in [-0.2, 0) is 5.21 Å². The normalized spacial score (nSPS) is 40.5. The Morgan fingerprint density at radius 3 is 2.20 bits per heavy atom. The topological polar surface area (TPSA) is 43.4 Å².